The normalized spacial score (nSPS) is 12.2. The van der Waals surface area contributed by atoms with E-state index in [1.807, 2.05) is 25.8 Å². The van der Waals surface area contributed by atoms with E-state index in [0.29, 0.717) is 12.6 Å². The molecular weight excluding hydrogens is 284 g/mol. The highest BCUT2D eigenvalue weighted by atomic mass is 32.2. The summed E-state index contributed by atoms with van der Waals surface area (Å²) in [5.41, 5.74) is 0. The van der Waals surface area contributed by atoms with Crippen molar-refractivity contribution < 1.29 is 18.3 Å². The Morgan fingerprint density at radius 1 is 1.55 bits per heavy atom. The third kappa shape index (κ3) is 4.91. The van der Waals surface area contributed by atoms with Crippen molar-refractivity contribution >= 4 is 16.0 Å². The average molecular weight is 304 g/mol. The minimum absolute atomic E-state index is 0.0362. The smallest absolute Gasteiger partial charge is 0.325 e. The number of hydrogen-bond acceptors (Lipinski definition) is 5. The van der Waals surface area contributed by atoms with E-state index < -0.39 is 16.0 Å². The van der Waals surface area contributed by atoms with E-state index in [9.17, 15) is 13.2 Å². The molecule has 0 fully saturated rings. The molecule has 114 valence electrons. The van der Waals surface area contributed by atoms with Crippen LogP contribution >= 0.6 is 0 Å². The summed E-state index contributed by atoms with van der Waals surface area (Å²) in [7, 11) is -1.74. The number of carboxylic acids is 1. The average Bonchev–Trinajstić information content (AvgIpc) is 2.76. The van der Waals surface area contributed by atoms with Crippen molar-refractivity contribution in [3.05, 3.63) is 12.4 Å². The minimum atomic E-state index is -3.65. The number of likely N-dealkylation sites (N-methyl/N-ethyl adjacent to an activating group) is 1. The quantitative estimate of drug-likeness (QED) is 0.676. The number of aromatic nitrogens is 2. The van der Waals surface area contributed by atoms with Gasteiger partial charge in [-0.3, -0.25) is 9.48 Å². The first-order valence-corrected chi connectivity index (χ1v) is 7.65. The number of nitrogens with one attached hydrogen (secondary N) is 1. The second-order valence-electron chi connectivity index (χ2n) is 4.74. The van der Waals surface area contributed by atoms with Crippen LogP contribution in [0.5, 0.6) is 0 Å². The van der Waals surface area contributed by atoms with Crippen molar-refractivity contribution in [2.24, 2.45) is 0 Å². The molecule has 0 radical (unpaired) electrons. The Morgan fingerprint density at radius 2 is 2.20 bits per heavy atom. The standard InChI is InChI=1S/C11H20N4O4S/c1-9(2)14(3)5-4-13-20(18,19)10-6-12-15(7-10)8-11(16)17/h6-7,9,13H,4-5,8H2,1-3H3,(H,16,17). The molecule has 1 rings (SSSR count). The Bertz CT molecular complexity index is 553. The number of carbonyl (C=O) groups is 1. The highest BCUT2D eigenvalue weighted by Gasteiger charge is 2.17. The third-order valence-corrected chi connectivity index (χ3v) is 4.27. The van der Waals surface area contributed by atoms with E-state index in [4.69, 9.17) is 5.11 Å². The van der Waals surface area contributed by atoms with Crippen molar-refractivity contribution in [2.75, 3.05) is 20.1 Å². The van der Waals surface area contributed by atoms with Crippen LogP contribution in [0.2, 0.25) is 0 Å². The maximum Gasteiger partial charge on any atom is 0.325 e. The van der Waals surface area contributed by atoms with Gasteiger partial charge in [0.2, 0.25) is 10.0 Å². The molecule has 0 aromatic carbocycles. The van der Waals surface area contributed by atoms with Crippen molar-refractivity contribution in [3.8, 4) is 0 Å². The summed E-state index contributed by atoms with van der Waals surface area (Å²) in [5.74, 6) is -1.08. The molecule has 1 aromatic rings. The molecular formula is C11H20N4O4S. The van der Waals surface area contributed by atoms with Crippen LogP contribution in [0.3, 0.4) is 0 Å². The van der Waals surface area contributed by atoms with Gasteiger partial charge in [0, 0.05) is 25.3 Å². The number of nitrogens with zero attached hydrogens (tertiary/aromatic N) is 3. The second kappa shape index (κ2) is 6.82. The van der Waals surface area contributed by atoms with Gasteiger partial charge >= 0.3 is 5.97 Å². The van der Waals surface area contributed by atoms with Crippen LogP contribution in [0.25, 0.3) is 0 Å². The SMILES string of the molecule is CC(C)N(C)CCNS(=O)(=O)c1cnn(CC(=O)O)c1. The highest BCUT2D eigenvalue weighted by molar-refractivity contribution is 7.89. The van der Waals surface area contributed by atoms with Crippen molar-refractivity contribution in [1.29, 1.82) is 0 Å². The van der Waals surface area contributed by atoms with Crippen LogP contribution in [0.15, 0.2) is 17.3 Å². The molecule has 0 saturated heterocycles. The van der Waals surface area contributed by atoms with E-state index in [0.717, 1.165) is 10.9 Å². The molecule has 9 heteroatoms. The van der Waals surface area contributed by atoms with Crippen molar-refractivity contribution in [2.45, 2.75) is 31.3 Å². The van der Waals surface area contributed by atoms with E-state index in [-0.39, 0.29) is 18.0 Å². The predicted octanol–water partition coefficient (Wildman–Crippen LogP) is -0.414. The van der Waals surface area contributed by atoms with Gasteiger partial charge in [0.1, 0.15) is 11.4 Å². The molecule has 8 nitrogen and oxygen atoms in total. The van der Waals surface area contributed by atoms with Crippen LogP contribution < -0.4 is 4.72 Å². The van der Waals surface area contributed by atoms with Crippen molar-refractivity contribution in [3.63, 3.8) is 0 Å². The summed E-state index contributed by atoms with van der Waals surface area (Å²) in [6.07, 6.45) is 2.33. The summed E-state index contributed by atoms with van der Waals surface area (Å²) >= 11 is 0. The molecule has 1 heterocycles. The molecule has 20 heavy (non-hydrogen) atoms. The van der Waals surface area contributed by atoms with Gasteiger partial charge in [0.05, 0.1) is 6.20 Å². The minimum Gasteiger partial charge on any atom is -0.480 e. The fourth-order valence-corrected chi connectivity index (χ4v) is 2.38. The van der Waals surface area contributed by atoms with Gasteiger partial charge in [-0.25, -0.2) is 13.1 Å². The first kappa shape index (κ1) is 16.6. The summed E-state index contributed by atoms with van der Waals surface area (Å²) in [6, 6.07) is 0.331. The molecule has 0 unspecified atom stereocenters. The topological polar surface area (TPSA) is 105 Å². The van der Waals surface area contributed by atoms with Gasteiger partial charge in [-0.1, -0.05) is 0 Å². The van der Waals surface area contributed by atoms with Gasteiger partial charge in [-0.2, -0.15) is 5.10 Å². The molecule has 0 saturated carbocycles. The Balaban J connectivity index is 2.60. The molecule has 0 aliphatic heterocycles. The van der Waals surface area contributed by atoms with Crippen LogP contribution in [0, 0.1) is 0 Å². The molecule has 2 N–H and O–H groups in total. The maximum atomic E-state index is 12.0. The Kier molecular flexibility index (Phi) is 5.66. The summed E-state index contributed by atoms with van der Waals surface area (Å²) in [4.78, 5) is 12.5. The summed E-state index contributed by atoms with van der Waals surface area (Å²) in [5, 5.41) is 12.3. The van der Waals surface area contributed by atoms with Crippen molar-refractivity contribution in [1.82, 2.24) is 19.4 Å². The van der Waals surface area contributed by atoms with Crippen LogP contribution in [0.4, 0.5) is 0 Å². The lowest BCUT2D eigenvalue weighted by Gasteiger charge is -2.20. The molecule has 0 atom stereocenters. The number of aliphatic carboxylic acids is 1. The highest BCUT2D eigenvalue weighted by Crippen LogP contribution is 2.06. The number of carboxylic acid groups (broad SMARTS) is 1. The molecule has 0 bridgehead atoms. The zero-order valence-corrected chi connectivity index (χ0v) is 12.6. The van der Waals surface area contributed by atoms with Gasteiger partial charge < -0.3 is 10.0 Å². The molecule has 0 aliphatic carbocycles. The Labute approximate surface area is 118 Å². The second-order valence-corrected chi connectivity index (χ2v) is 6.51. The number of sulfonamides is 1. The fourth-order valence-electron chi connectivity index (χ4n) is 1.41. The van der Waals surface area contributed by atoms with E-state index >= 15 is 0 Å². The van der Waals surface area contributed by atoms with E-state index in [1.165, 1.54) is 6.20 Å². The van der Waals surface area contributed by atoms with Crippen LogP contribution in [0.1, 0.15) is 13.8 Å². The monoisotopic (exact) mass is 304 g/mol. The first-order chi connectivity index (χ1) is 9.22. The number of hydrogen-bond donors (Lipinski definition) is 2. The molecule has 0 amide bonds. The largest absolute Gasteiger partial charge is 0.480 e. The lowest BCUT2D eigenvalue weighted by molar-refractivity contribution is -0.137. The third-order valence-electron chi connectivity index (χ3n) is 2.86. The van der Waals surface area contributed by atoms with Gasteiger partial charge in [-0.05, 0) is 20.9 Å². The van der Waals surface area contributed by atoms with Crippen LogP contribution in [-0.2, 0) is 21.4 Å². The lowest BCUT2D eigenvalue weighted by Crippen LogP contribution is -2.36. The zero-order chi connectivity index (χ0) is 15.3. The molecule has 0 aliphatic rings. The van der Waals surface area contributed by atoms with Crippen LogP contribution in [-0.4, -0.2) is 60.4 Å². The Morgan fingerprint density at radius 3 is 2.75 bits per heavy atom. The van der Waals surface area contributed by atoms with Gasteiger partial charge in [-0.15, -0.1) is 0 Å². The van der Waals surface area contributed by atoms with Gasteiger partial charge in [0.15, 0.2) is 0 Å². The predicted molar refractivity (Wildman–Crippen MR) is 72.8 cm³/mol. The van der Waals surface area contributed by atoms with E-state index in [1.54, 1.807) is 0 Å². The lowest BCUT2D eigenvalue weighted by atomic mass is 10.3. The molecule has 1 aromatic heterocycles. The number of rotatable bonds is 8. The zero-order valence-electron chi connectivity index (χ0n) is 11.8. The summed E-state index contributed by atoms with van der Waals surface area (Å²) < 4.78 is 27.4. The summed E-state index contributed by atoms with van der Waals surface area (Å²) in [6.45, 7) is 4.53. The Hall–Kier alpha value is -1.45. The van der Waals surface area contributed by atoms with E-state index in [2.05, 4.69) is 9.82 Å². The first-order valence-electron chi connectivity index (χ1n) is 6.16. The van der Waals surface area contributed by atoms with Gasteiger partial charge in [0.25, 0.3) is 0 Å². The fraction of sp³-hybridized carbons (Fsp3) is 0.636. The molecule has 0 spiro atoms. The maximum absolute atomic E-state index is 12.0.